The zero-order valence-electron chi connectivity index (χ0n) is 12.2. The average molecular weight is 290 g/mol. The lowest BCUT2D eigenvalue weighted by atomic mass is 10.1. The van der Waals surface area contributed by atoms with Crippen LogP contribution < -0.4 is 0 Å². The molecule has 22 heavy (non-hydrogen) atoms. The van der Waals surface area contributed by atoms with Crippen molar-refractivity contribution in [1.29, 1.82) is 0 Å². The van der Waals surface area contributed by atoms with Crippen molar-refractivity contribution >= 4 is 18.1 Å². The number of hydrogen-bond donors (Lipinski definition) is 1. The van der Waals surface area contributed by atoms with Gasteiger partial charge in [-0.05, 0) is 17.5 Å². The van der Waals surface area contributed by atoms with E-state index in [0.717, 1.165) is 11.1 Å². The molecule has 2 aromatic rings. The Balaban J connectivity index is 2.01. The van der Waals surface area contributed by atoms with Crippen LogP contribution in [0.2, 0.25) is 0 Å². The third kappa shape index (κ3) is 5.25. The average Bonchev–Trinajstić information content (AvgIpc) is 2.55. The Labute approximate surface area is 130 Å². The van der Waals surface area contributed by atoms with E-state index in [4.69, 9.17) is 0 Å². The molecule has 0 aromatic heterocycles. The van der Waals surface area contributed by atoms with Gasteiger partial charge in [-0.25, -0.2) is 4.79 Å². The van der Waals surface area contributed by atoms with Crippen LogP contribution in [0, 0.1) is 0 Å². The maximum Gasteiger partial charge on any atom is 0.331 e. The van der Waals surface area contributed by atoms with Crippen molar-refractivity contribution in [2.45, 2.75) is 6.42 Å². The predicted molar refractivity (Wildman–Crippen MR) is 91.3 cm³/mol. The lowest BCUT2D eigenvalue weighted by molar-refractivity contribution is -0.132. The minimum atomic E-state index is -0.893. The number of rotatable bonds is 6. The highest BCUT2D eigenvalue weighted by molar-refractivity contribution is 5.87. The highest BCUT2D eigenvalue weighted by Gasteiger charge is 2.03. The van der Waals surface area contributed by atoms with E-state index in [2.05, 4.69) is 0 Å². The van der Waals surface area contributed by atoms with Crippen molar-refractivity contribution in [2.24, 2.45) is 0 Å². The quantitative estimate of drug-likeness (QED) is 0.612. The van der Waals surface area contributed by atoms with Crippen molar-refractivity contribution < 1.29 is 9.90 Å². The van der Waals surface area contributed by atoms with E-state index in [0.29, 0.717) is 12.0 Å². The van der Waals surface area contributed by atoms with E-state index >= 15 is 0 Å². The largest absolute Gasteiger partial charge is 0.478 e. The zero-order chi connectivity index (χ0) is 15.6. The van der Waals surface area contributed by atoms with Crippen LogP contribution in [0.1, 0.15) is 17.5 Å². The molecule has 0 unspecified atom stereocenters. The molecule has 0 bridgehead atoms. The van der Waals surface area contributed by atoms with Gasteiger partial charge in [-0.3, -0.25) is 0 Å². The van der Waals surface area contributed by atoms with Crippen molar-refractivity contribution in [3.63, 3.8) is 0 Å². The Morgan fingerprint density at radius 1 is 0.864 bits per heavy atom. The van der Waals surface area contributed by atoms with Gasteiger partial charge in [0.15, 0.2) is 0 Å². The molecule has 0 aliphatic heterocycles. The van der Waals surface area contributed by atoms with E-state index in [-0.39, 0.29) is 0 Å². The number of carboxylic acids is 1. The van der Waals surface area contributed by atoms with Crippen molar-refractivity contribution in [1.82, 2.24) is 0 Å². The Kier molecular flexibility index (Phi) is 5.94. The molecule has 2 aromatic carbocycles. The summed E-state index contributed by atoms with van der Waals surface area (Å²) in [5.41, 5.74) is 2.47. The monoisotopic (exact) mass is 290 g/mol. The molecule has 0 radical (unpaired) electrons. The molecule has 0 amide bonds. The Morgan fingerprint density at radius 3 is 1.95 bits per heavy atom. The van der Waals surface area contributed by atoms with E-state index in [1.807, 2.05) is 78.9 Å². The Morgan fingerprint density at radius 2 is 1.41 bits per heavy atom. The Hall–Kier alpha value is -2.87. The summed E-state index contributed by atoms with van der Waals surface area (Å²) < 4.78 is 0. The lowest BCUT2D eigenvalue weighted by Gasteiger charge is -1.97. The molecule has 0 heterocycles. The van der Waals surface area contributed by atoms with Crippen LogP contribution in [0.5, 0.6) is 0 Å². The summed E-state index contributed by atoms with van der Waals surface area (Å²) in [4.78, 5) is 11.2. The number of aliphatic carboxylic acids is 1. The van der Waals surface area contributed by atoms with Gasteiger partial charge in [0.2, 0.25) is 0 Å². The number of allylic oxidation sites excluding steroid dienone is 3. The first-order valence-corrected chi connectivity index (χ1v) is 7.13. The number of carboxylic acid groups (broad SMARTS) is 1. The summed E-state index contributed by atoms with van der Waals surface area (Å²) in [6.07, 6.45) is 9.50. The van der Waals surface area contributed by atoms with Gasteiger partial charge < -0.3 is 5.11 Å². The number of hydrogen-bond acceptors (Lipinski definition) is 1. The summed E-state index contributed by atoms with van der Waals surface area (Å²) in [7, 11) is 0. The van der Waals surface area contributed by atoms with Gasteiger partial charge >= 0.3 is 5.97 Å². The van der Waals surface area contributed by atoms with Crippen LogP contribution >= 0.6 is 0 Å². The summed E-state index contributed by atoms with van der Waals surface area (Å²) in [6.45, 7) is 0. The standard InChI is InChI=1S/C20H18O2/c21-20(22)19(15-7-13-17-9-3-1-4-10-17)16-8-14-18-11-5-2-6-12-18/h1-15H,16H2,(H,21,22). The van der Waals surface area contributed by atoms with Gasteiger partial charge in [0.25, 0.3) is 0 Å². The van der Waals surface area contributed by atoms with Crippen LogP contribution in [-0.4, -0.2) is 11.1 Å². The van der Waals surface area contributed by atoms with Gasteiger partial charge in [0, 0.05) is 5.57 Å². The second-order valence-corrected chi connectivity index (χ2v) is 4.78. The normalized spacial score (nSPS) is 12.1. The van der Waals surface area contributed by atoms with Gasteiger partial charge in [-0.15, -0.1) is 0 Å². The van der Waals surface area contributed by atoms with Gasteiger partial charge in [-0.1, -0.05) is 91.0 Å². The maximum absolute atomic E-state index is 11.2. The van der Waals surface area contributed by atoms with E-state index in [1.165, 1.54) is 0 Å². The first-order valence-electron chi connectivity index (χ1n) is 7.13. The van der Waals surface area contributed by atoms with E-state index in [1.54, 1.807) is 12.2 Å². The first-order chi connectivity index (χ1) is 10.8. The molecular weight excluding hydrogens is 272 g/mol. The van der Waals surface area contributed by atoms with Crippen LogP contribution in [0.25, 0.3) is 12.2 Å². The third-order valence-corrected chi connectivity index (χ3v) is 3.11. The van der Waals surface area contributed by atoms with Crippen molar-refractivity contribution in [2.75, 3.05) is 0 Å². The Bertz CT molecular complexity index is 680. The summed E-state index contributed by atoms with van der Waals surface area (Å²) in [5, 5.41) is 9.23. The molecule has 2 rings (SSSR count). The molecule has 1 N–H and O–H groups in total. The summed E-state index contributed by atoms with van der Waals surface area (Å²) in [5.74, 6) is -0.893. The molecule has 0 fully saturated rings. The molecule has 0 atom stereocenters. The van der Waals surface area contributed by atoms with E-state index < -0.39 is 5.97 Å². The van der Waals surface area contributed by atoms with Gasteiger partial charge in [0.05, 0.1) is 0 Å². The van der Waals surface area contributed by atoms with Crippen LogP contribution in [0.15, 0.2) is 84.5 Å². The second kappa shape index (κ2) is 8.42. The topological polar surface area (TPSA) is 37.3 Å². The summed E-state index contributed by atoms with van der Waals surface area (Å²) >= 11 is 0. The van der Waals surface area contributed by atoms with Crippen molar-refractivity contribution in [3.05, 3.63) is 95.6 Å². The summed E-state index contributed by atoms with van der Waals surface area (Å²) in [6, 6.07) is 19.6. The number of benzene rings is 2. The van der Waals surface area contributed by atoms with Gasteiger partial charge in [0.1, 0.15) is 0 Å². The molecule has 0 saturated carbocycles. The predicted octanol–water partition coefficient (Wildman–Crippen LogP) is 4.81. The lowest BCUT2D eigenvalue weighted by Crippen LogP contribution is -1.98. The maximum atomic E-state index is 11.2. The number of carbonyl (C=O) groups is 1. The zero-order valence-corrected chi connectivity index (χ0v) is 12.2. The minimum Gasteiger partial charge on any atom is -0.478 e. The SMILES string of the molecule is O=C(O)C(=CC=Cc1ccccc1)CC=Cc1ccccc1. The minimum absolute atomic E-state index is 0.361. The molecule has 110 valence electrons. The molecule has 2 heteroatoms. The van der Waals surface area contributed by atoms with E-state index in [9.17, 15) is 9.90 Å². The molecule has 0 aliphatic rings. The highest BCUT2D eigenvalue weighted by atomic mass is 16.4. The highest BCUT2D eigenvalue weighted by Crippen LogP contribution is 2.09. The fourth-order valence-corrected chi connectivity index (χ4v) is 1.95. The van der Waals surface area contributed by atoms with Crippen LogP contribution in [0.3, 0.4) is 0 Å². The fraction of sp³-hybridized carbons (Fsp3) is 0.0500. The molecule has 0 spiro atoms. The molecule has 0 aliphatic carbocycles. The third-order valence-electron chi connectivity index (χ3n) is 3.11. The smallest absolute Gasteiger partial charge is 0.331 e. The van der Waals surface area contributed by atoms with Gasteiger partial charge in [-0.2, -0.15) is 0 Å². The molecule has 2 nitrogen and oxygen atoms in total. The second-order valence-electron chi connectivity index (χ2n) is 4.78. The fourth-order valence-electron chi connectivity index (χ4n) is 1.95. The van der Waals surface area contributed by atoms with Crippen LogP contribution in [-0.2, 0) is 4.79 Å². The first kappa shape index (κ1) is 15.5. The molecular formula is C20H18O2. The van der Waals surface area contributed by atoms with Crippen LogP contribution in [0.4, 0.5) is 0 Å². The molecule has 0 saturated heterocycles. The van der Waals surface area contributed by atoms with Crippen molar-refractivity contribution in [3.8, 4) is 0 Å².